The normalized spacial score (nSPS) is 13.5. The Morgan fingerprint density at radius 3 is 2.59 bits per heavy atom. The molecule has 8 nitrogen and oxygen atoms in total. The third kappa shape index (κ3) is 5.33. The van der Waals surface area contributed by atoms with Crippen LogP contribution in [0.25, 0.3) is 0 Å². The highest BCUT2D eigenvalue weighted by atomic mass is 16.5. The molecule has 1 saturated heterocycles. The first-order valence-electron chi connectivity index (χ1n) is 10.6. The van der Waals surface area contributed by atoms with E-state index in [1.807, 2.05) is 31.2 Å². The summed E-state index contributed by atoms with van der Waals surface area (Å²) >= 11 is 0. The second-order valence-electron chi connectivity index (χ2n) is 7.13. The molecule has 2 heterocycles. The lowest BCUT2D eigenvalue weighted by Crippen LogP contribution is -2.37. The Kier molecular flexibility index (Phi) is 7.14. The molecule has 0 bridgehead atoms. The Labute approximate surface area is 187 Å². The molecule has 1 N–H and O–H groups in total. The summed E-state index contributed by atoms with van der Waals surface area (Å²) in [6.45, 7) is 5.66. The SMILES string of the molecule is CCOc1ccccc1CNC(=O)c1ccc(Oc2nccnc2N2CCOCC2)cc1. The van der Waals surface area contributed by atoms with Gasteiger partial charge in [-0.05, 0) is 37.3 Å². The highest BCUT2D eigenvalue weighted by molar-refractivity contribution is 5.94. The van der Waals surface area contributed by atoms with Crippen LogP contribution in [0.3, 0.4) is 0 Å². The van der Waals surface area contributed by atoms with Crippen molar-refractivity contribution >= 4 is 11.7 Å². The number of morpholine rings is 1. The van der Waals surface area contributed by atoms with Gasteiger partial charge in [-0.25, -0.2) is 9.97 Å². The molecule has 1 fully saturated rings. The predicted molar refractivity (Wildman–Crippen MR) is 120 cm³/mol. The van der Waals surface area contributed by atoms with E-state index in [0.717, 1.165) is 24.4 Å². The predicted octanol–water partition coefficient (Wildman–Crippen LogP) is 3.43. The summed E-state index contributed by atoms with van der Waals surface area (Å²) in [5.41, 5.74) is 1.47. The number of hydrogen-bond acceptors (Lipinski definition) is 7. The monoisotopic (exact) mass is 434 g/mol. The molecular formula is C24H26N4O4. The number of carbonyl (C=O) groups is 1. The standard InChI is InChI=1S/C24H26N4O4/c1-2-31-21-6-4-3-5-19(21)17-27-23(29)18-7-9-20(10-8-18)32-24-22(25-11-12-26-24)28-13-15-30-16-14-28/h3-12H,2,13-17H2,1H3,(H,27,29). The summed E-state index contributed by atoms with van der Waals surface area (Å²) in [6.07, 6.45) is 3.25. The molecule has 1 aliphatic heterocycles. The molecule has 0 atom stereocenters. The Bertz CT molecular complexity index is 1040. The maximum atomic E-state index is 12.6. The van der Waals surface area contributed by atoms with Crippen LogP contribution < -0.4 is 19.7 Å². The van der Waals surface area contributed by atoms with Crippen molar-refractivity contribution in [3.8, 4) is 17.4 Å². The van der Waals surface area contributed by atoms with E-state index in [0.29, 0.717) is 49.4 Å². The number of ether oxygens (including phenoxy) is 3. The summed E-state index contributed by atoms with van der Waals surface area (Å²) in [6, 6.07) is 14.6. The zero-order chi connectivity index (χ0) is 22.2. The second kappa shape index (κ2) is 10.6. The summed E-state index contributed by atoms with van der Waals surface area (Å²) in [5.74, 6) is 2.30. The topological polar surface area (TPSA) is 85.8 Å². The molecule has 0 saturated carbocycles. The van der Waals surface area contributed by atoms with Crippen molar-refractivity contribution in [2.75, 3.05) is 37.8 Å². The molecule has 1 amide bonds. The number of nitrogens with one attached hydrogen (secondary N) is 1. The van der Waals surface area contributed by atoms with Gasteiger partial charge in [0.05, 0.1) is 19.8 Å². The fourth-order valence-electron chi connectivity index (χ4n) is 3.39. The molecule has 2 aromatic carbocycles. The van der Waals surface area contributed by atoms with Crippen LogP contribution in [0.2, 0.25) is 0 Å². The fourth-order valence-corrected chi connectivity index (χ4v) is 3.39. The lowest BCUT2D eigenvalue weighted by Gasteiger charge is -2.28. The first-order valence-corrected chi connectivity index (χ1v) is 10.6. The molecule has 0 unspecified atom stereocenters. The van der Waals surface area contributed by atoms with Gasteiger partial charge in [0, 0.05) is 43.2 Å². The zero-order valence-corrected chi connectivity index (χ0v) is 18.0. The van der Waals surface area contributed by atoms with Gasteiger partial charge in [-0.2, -0.15) is 0 Å². The number of hydrogen-bond donors (Lipinski definition) is 1. The molecule has 0 radical (unpaired) electrons. The first kappa shape index (κ1) is 21.6. The van der Waals surface area contributed by atoms with Gasteiger partial charge in [0.25, 0.3) is 11.8 Å². The van der Waals surface area contributed by atoms with Gasteiger partial charge in [0.2, 0.25) is 0 Å². The minimum Gasteiger partial charge on any atom is -0.494 e. The van der Waals surface area contributed by atoms with Gasteiger partial charge in [-0.1, -0.05) is 18.2 Å². The number of benzene rings is 2. The lowest BCUT2D eigenvalue weighted by atomic mass is 10.1. The van der Waals surface area contributed by atoms with Gasteiger partial charge in [-0.15, -0.1) is 0 Å². The molecule has 4 rings (SSSR count). The number of amides is 1. The van der Waals surface area contributed by atoms with Crippen molar-refractivity contribution in [3.05, 3.63) is 72.1 Å². The van der Waals surface area contributed by atoms with Crippen LogP contribution in [0, 0.1) is 0 Å². The van der Waals surface area contributed by atoms with Crippen LogP contribution in [0.15, 0.2) is 60.9 Å². The Balaban J connectivity index is 1.39. The van der Waals surface area contributed by atoms with Crippen molar-refractivity contribution in [2.45, 2.75) is 13.5 Å². The summed E-state index contributed by atoms with van der Waals surface area (Å²) in [5, 5.41) is 2.93. The number of anilines is 1. The largest absolute Gasteiger partial charge is 0.494 e. The number of nitrogens with zero attached hydrogens (tertiary/aromatic N) is 3. The highest BCUT2D eigenvalue weighted by Crippen LogP contribution is 2.28. The van der Waals surface area contributed by atoms with E-state index in [1.165, 1.54) is 0 Å². The van der Waals surface area contributed by atoms with Crippen molar-refractivity contribution in [1.82, 2.24) is 15.3 Å². The Morgan fingerprint density at radius 1 is 1.06 bits per heavy atom. The van der Waals surface area contributed by atoms with Crippen LogP contribution in [-0.2, 0) is 11.3 Å². The van der Waals surface area contributed by atoms with E-state index in [9.17, 15) is 4.79 Å². The molecule has 8 heteroatoms. The third-order valence-corrected chi connectivity index (χ3v) is 5.00. The van der Waals surface area contributed by atoms with E-state index in [2.05, 4.69) is 20.2 Å². The molecule has 1 aromatic heterocycles. The Hall–Kier alpha value is -3.65. The molecule has 0 spiro atoms. The van der Waals surface area contributed by atoms with Gasteiger partial charge in [0.15, 0.2) is 5.82 Å². The summed E-state index contributed by atoms with van der Waals surface area (Å²) < 4.78 is 17.0. The second-order valence-corrected chi connectivity index (χ2v) is 7.13. The van der Waals surface area contributed by atoms with Crippen LogP contribution >= 0.6 is 0 Å². The van der Waals surface area contributed by atoms with E-state index in [4.69, 9.17) is 14.2 Å². The first-order chi connectivity index (χ1) is 15.7. The van der Waals surface area contributed by atoms with E-state index >= 15 is 0 Å². The molecule has 3 aromatic rings. The minimum atomic E-state index is -0.170. The zero-order valence-electron chi connectivity index (χ0n) is 18.0. The maximum absolute atomic E-state index is 12.6. The van der Waals surface area contributed by atoms with Gasteiger partial charge < -0.3 is 24.4 Å². The lowest BCUT2D eigenvalue weighted by molar-refractivity contribution is 0.0950. The summed E-state index contributed by atoms with van der Waals surface area (Å²) in [4.78, 5) is 23.4. The maximum Gasteiger partial charge on any atom is 0.263 e. The average molecular weight is 434 g/mol. The van der Waals surface area contributed by atoms with Crippen molar-refractivity contribution in [1.29, 1.82) is 0 Å². The van der Waals surface area contributed by atoms with Crippen molar-refractivity contribution in [3.63, 3.8) is 0 Å². The quantitative estimate of drug-likeness (QED) is 0.581. The van der Waals surface area contributed by atoms with Crippen molar-refractivity contribution < 1.29 is 19.0 Å². The van der Waals surface area contributed by atoms with Crippen molar-refractivity contribution in [2.24, 2.45) is 0 Å². The number of carbonyl (C=O) groups excluding carboxylic acids is 1. The van der Waals surface area contributed by atoms with Crippen LogP contribution in [0.1, 0.15) is 22.8 Å². The molecule has 166 valence electrons. The number of rotatable bonds is 8. The molecule has 32 heavy (non-hydrogen) atoms. The van der Waals surface area contributed by atoms with Crippen LogP contribution in [-0.4, -0.2) is 48.8 Å². The van der Waals surface area contributed by atoms with E-state index < -0.39 is 0 Å². The molecular weight excluding hydrogens is 408 g/mol. The Morgan fingerprint density at radius 2 is 1.81 bits per heavy atom. The fraction of sp³-hybridized carbons (Fsp3) is 0.292. The number of para-hydroxylation sites is 1. The van der Waals surface area contributed by atoms with Crippen LogP contribution in [0.5, 0.6) is 17.4 Å². The summed E-state index contributed by atoms with van der Waals surface area (Å²) in [7, 11) is 0. The van der Waals surface area contributed by atoms with Gasteiger partial charge in [0.1, 0.15) is 11.5 Å². The molecule has 0 aliphatic carbocycles. The van der Waals surface area contributed by atoms with Gasteiger partial charge in [-0.3, -0.25) is 4.79 Å². The van der Waals surface area contributed by atoms with Gasteiger partial charge >= 0.3 is 0 Å². The minimum absolute atomic E-state index is 0.170. The van der Waals surface area contributed by atoms with E-state index in [-0.39, 0.29) is 5.91 Å². The van der Waals surface area contributed by atoms with E-state index in [1.54, 1.807) is 36.7 Å². The smallest absolute Gasteiger partial charge is 0.263 e. The van der Waals surface area contributed by atoms with Crippen LogP contribution in [0.4, 0.5) is 5.82 Å². The molecule has 1 aliphatic rings. The average Bonchev–Trinajstić information content (AvgIpc) is 2.85. The highest BCUT2D eigenvalue weighted by Gasteiger charge is 2.18. The number of aromatic nitrogens is 2. The third-order valence-electron chi connectivity index (χ3n) is 5.00.